The molecule has 33 heavy (non-hydrogen) atoms. The Hall–Kier alpha value is -2.01. The van der Waals surface area contributed by atoms with Crippen molar-refractivity contribution in [2.45, 2.75) is 49.7 Å². The molecule has 10 heteroatoms. The molecule has 2 aliphatic heterocycles. The highest BCUT2D eigenvalue weighted by molar-refractivity contribution is 7.91. The average molecular weight is 496 g/mol. The molecular weight excluding hydrogens is 465 g/mol. The molecule has 0 radical (unpaired) electrons. The number of hydrogen-bond acceptors (Lipinski definition) is 6. The van der Waals surface area contributed by atoms with Gasteiger partial charge in [-0.15, -0.1) is 11.3 Å². The van der Waals surface area contributed by atoms with E-state index in [0.29, 0.717) is 54.5 Å². The van der Waals surface area contributed by atoms with Crippen molar-refractivity contribution < 1.29 is 22.3 Å². The summed E-state index contributed by atoms with van der Waals surface area (Å²) < 4.78 is 47.6. The minimum atomic E-state index is -3.48. The maximum absolute atomic E-state index is 14.8. The Bertz CT molecular complexity index is 1060. The summed E-state index contributed by atoms with van der Waals surface area (Å²) in [5, 5.41) is 4.63. The number of hydrogen-bond donors (Lipinski definition) is 1. The lowest BCUT2D eigenvalue weighted by molar-refractivity contribution is -0.126. The average Bonchev–Trinajstić information content (AvgIpc) is 3.33. The van der Waals surface area contributed by atoms with Crippen molar-refractivity contribution in [3.8, 4) is 0 Å². The molecular formula is C23H30FN3O4S2. The van der Waals surface area contributed by atoms with Crippen molar-refractivity contribution in [3.05, 3.63) is 47.1 Å². The number of carbonyl (C=O) groups excluding carboxylic acids is 1. The number of piperidine rings is 1. The normalized spacial score (nSPS) is 22.9. The molecule has 7 nitrogen and oxygen atoms in total. The topological polar surface area (TPSA) is 79.0 Å². The van der Waals surface area contributed by atoms with E-state index in [1.165, 1.54) is 21.7 Å². The summed E-state index contributed by atoms with van der Waals surface area (Å²) in [6.45, 7) is 6.10. The Kier molecular flexibility index (Phi) is 7.37. The van der Waals surface area contributed by atoms with Gasteiger partial charge in [-0.05, 0) is 55.8 Å². The van der Waals surface area contributed by atoms with Gasteiger partial charge < -0.3 is 15.0 Å². The molecule has 2 unspecified atom stereocenters. The minimum absolute atomic E-state index is 0.0406. The molecule has 0 aliphatic carbocycles. The van der Waals surface area contributed by atoms with Crippen molar-refractivity contribution in [2.75, 3.05) is 31.1 Å². The van der Waals surface area contributed by atoms with Crippen LogP contribution in [0.1, 0.15) is 32.3 Å². The van der Waals surface area contributed by atoms with Crippen molar-refractivity contribution in [2.24, 2.45) is 5.92 Å². The number of amides is 1. The highest BCUT2D eigenvalue weighted by Crippen LogP contribution is 2.27. The predicted octanol–water partition coefficient (Wildman–Crippen LogP) is 3.22. The first kappa shape index (κ1) is 24.1. The number of benzene rings is 1. The Morgan fingerprint density at radius 1 is 1.18 bits per heavy atom. The summed E-state index contributed by atoms with van der Waals surface area (Å²) in [5.41, 5.74) is 1.24. The Morgan fingerprint density at radius 3 is 2.48 bits per heavy atom. The fourth-order valence-electron chi connectivity index (χ4n) is 4.52. The number of thiophene rings is 1. The van der Waals surface area contributed by atoms with Crippen LogP contribution in [-0.2, 0) is 26.1 Å². The molecule has 0 saturated carbocycles. The minimum Gasteiger partial charge on any atom is -0.372 e. The number of nitrogens with zero attached hydrogens (tertiary/aromatic N) is 2. The largest absolute Gasteiger partial charge is 0.372 e. The SMILES string of the molecule is CC1CN(c2ccc(CNC(=O)C3CCN(S(=O)(=O)c4cccs4)CC3)cc2F)CC(C)O1. The maximum Gasteiger partial charge on any atom is 0.252 e. The van der Waals surface area contributed by atoms with Crippen LogP contribution in [0.15, 0.2) is 39.9 Å². The lowest BCUT2D eigenvalue weighted by Gasteiger charge is -2.37. The number of halogens is 1. The second-order valence-electron chi connectivity index (χ2n) is 8.78. The molecule has 2 fully saturated rings. The van der Waals surface area contributed by atoms with Crippen LogP contribution in [0.3, 0.4) is 0 Å². The second-order valence-corrected chi connectivity index (χ2v) is 11.9. The zero-order valence-corrected chi connectivity index (χ0v) is 20.5. The first-order valence-corrected chi connectivity index (χ1v) is 13.6. The quantitative estimate of drug-likeness (QED) is 0.666. The van der Waals surface area contributed by atoms with Crippen LogP contribution in [0.4, 0.5) is 10.1 Å². The third-order valence-electron chi connectivity index (χ3n) is 6.15. The number of carbonyl (C=O) groups is 1. The standard InChI is InChI=1S/C23H30FN3O4S2/c1-16-14-26(15-17(2)31-16)21-6-5-18(12-20(21)24)13-25-23(28)19-7-9-27(10-8-19)33(29,30)22-4-3-11-32-22/h3-6,11-12,16-17,19H,7-10,13-15H2,1-2H3,(H,25,28). The van der Waals surface area contributed by atoms with E-state index >= 15 is 0 Å². The van der Waals surface area contributed by atoms with Gasteiger partial charge in [0.1, 0.15) is 10.0 Å². The number of anilines is 1. The fraction of sp³-hybridized carbons (Fsp3) is 0.522. The smallest absolute Gasteiger partial charge is 0.252 e. The third-order valence-corrected chi connectivity index (χ3v) is 9.42. The maximum atomic E-state index is 14.8. The van der Waals surface area contributed by atoms with Gasteiger partial charge in [0.15, 0.2) is 0 Å². The van der Waals surface area contributed by atoms with E-state index in [4.69, 9.17) is 4.74 Å². The molecule has 1 amide bonds. The number of sulfonamides is 1. The molecule has 2 aromatic rings. The summed E-state index contributed by atoms with van der Waals surface area (Å²) in [5.74, 6) is -0.682. The van der Waals surface area contributed by atoms with Gasteiger partial charge in [0, 0.05) is 38.6 Å². The van der Waals surface area contributed by atoms with Crippen LogP contribution in [0, 0.1) is 11.7 Å². The summed E-state index contributed by atoms with van der Waals surface area (Å²) in [6.07, 6.45) is 1.02. The Labute approximate surface area is 198 Å². The molecule has 0 bridgehead atoms. The van der Waals surface area contributed by atoms with Gasteiger partial charge in [0.2, 0.25) is 5.91 Å². The van der Waals surface area contributed by atoms with Gasteiger partial charge in [-0.2, -0.15) is 4.31 Å². The molecule has 0 spiro atoms. The monoisotopic (exact) mass is 495 g/mol. The van der Waals surface area contributed by atoms with Gasteiger partial charge >= 0.3 is 0 Å². The molecule has 2 aliphatic rings. The van der Waals surface area contributed by atoms with E-state index in [-0.39, 0.29) is 36.4 Å². The lowest BCUT2D eigenvalue weighted by atomic mass is 9.97. The first-order chi connectivity index (χ1) is 15.7. The van der Waals surface area contributed by atoms with E-state index in [0.717, 1.165) is 0 Å². The molecule has 3 heterocycles. The molecule has 2 saturated heterocycles. The zero-order valence-electron chi connectivity index (χ0n) is 18.9. The van der Waals surface area contributed by atoms with Crippen LogP contribution < -0.4 is 10.2 Å². The summed E-state index contributed by atoms with van der Waals surface area (Å²) in [7, 11) is -3.48. The number of ether oxygens (including phenoxy) is 1. The Balaban J connectivity index is 1.29. The second kappa shape index (κ2) is 10.1. The molecule has 2 atom stereocenters. The first-order valence-electron chi connectivity index (χ1n) is 11.2. The van der Waals surface area contributed by atoms with Crippen LogP contribution in [-0.4, -0.2) is 57.0 Å². The van der Waals surface area contributed by atoms with Gasteiger partial charge in [-0.1, -0.05) is 12.1 Å². The van der Waals surface area contributed by atoms with Gasteiger partial charge in [-0.25, -0.2) is 12.8 Å². The fourth-order valence-corrected chi connectivity index (χ4v) is 7.14. The van der Waals surface area contributed by atoms with E-state index in [1.54, 1.807) is 23.6 Å². The zero-order chi connectivity index (χ0) is 23.6. The van der Waals surface area contributed by atoms with Gasteiger partial charge in [0.05, 0.1) is 17.9 Å². The molecule has 180 valence electrons. The van der Waals surface area contributed by atoms with Crippen LogP contribution >= 0.6 is 11.3 Å². The van der Waals surface area contributed by atoms with Crippen molar-refractivity contribution in [1.82, 2.24) is 9.62 Å². The Morgan fingerprint density at radius 2 is 1.88 bits per heavy atom. The van der Waals surface area contributed by atoms with Crippen molar-refractivity contribution in [3.63, 3.8) is 0 Å². The molecule has 4 rings (SSSR count). The van der Waals surface area contributed by atoms with Crippen molar-refractivity contribution >= 4 is 33.0 Å². The van der Waals surface area contributed by atoms with E-state index in [2.05, 4.69) is 5.32 Å². The van der Waals surface area contributed by atoms with E-state index in [1.807, 2.05) is 24.8 Å². The number of nitrogens with one attached hydrogen (secondary N) is 1. The molecule has 1 N–H and O–H groups in total. The van der Waals surface area contributed by atoms with Gasteiger partial charge in [-0.3, -0.25) is 4.79 Å². The predicted molar refractivity (Wildman–Crippen MR) is 126 cm³/mol. The van der Waals surface area contributed by atoms with E-state index in [9.17, 15) is 17.6 Å². The number of rotatable bonds is 6. The van der Waals surface area contributed by atoms with Crippen LogP contribution in [0.25, 0.3) is 0 Å². The van der Waals surface area contributed by atoms with Crippen LogP contribution in [0.5, 0.6) is 0 Å². The van der Waals surface area contributed by atoms with Crippen molar-refractivity contribution in [1.29, 1.82) is 0 Å². The van der Waals surface area contributed by atoms with Crippen LogP contribution in [0.2, 0.25) is 0 Å². The number of morpholine rings is 1. The lowest BCUT2D eigenvalue weighted by Crippen LogP contribution is -2.45. The molecule has 1 aromatic carbocycles. The highest BCUT2D eigenvalue weighted by atomic mass is 32.2. The van der Waals surface area contributed by atoms with E-state index < -0.39 is 10.0 Å². The molecule has 1 aromatic heterocycles. The summed E-state index contributed by atoms with van der Waals surface area (Å²) in [6, 6.07) is 8.38. The summed E-state index contributed by atoms with van der Waals surface area (Å²) >= 11 is 1.20. The van der Waals surface area contributed by atoms with Gasteiger partial charge in [0.25, 0.3) is 10.0 Å². The third kappa shape index (κ3) is 5.56. The summed E-state index contributed by atoms with van der Waals surface area (Å²) in [4.78, 5) is 14.6. The highest BCUT2D eigenvalue weighted by Gasteiger charge is 2.32.